The molecule has 0 aliphatic heterocycles. The van der Waals surface area contributed by atoms with Gasteiger partial charge in [-0.1, -0.05) is 52.4 Å². The molecule has 0 aromatic heterocycles. The summed E-state index contributed by atoms with van der Waals surface area (Å²) in [7, 11) is 6.32. The Morgan fingerprint density at radius 2 is 1.37 bits per heavy atom. The first-order chi connectivity index (χ1) is 9.13. The van der Waals surface area contributed by atoms with Crippen LogP contribution in [-0.4, -0.2) is 50.0 Å². The fraction of sp³-hybridized carbons (Fsp3) is 0.938. The van der Waals surface area contributed by atoms with Gasteiger partial charge in [0.1, 0.15) is 0 Å². The largest absolute Gasteiger partial charge is 0.349 e. The summed E-state index contributed by atoms with van der Waals surface area (Å²) in [4.78, 5) is 9.17. The van der Waals surface area contributed by atoms with E-state index in [1.54, 1.807) is 0 Å². The van der Waals surface area contributed by atoms with Crippen molar-refractivity contribution < 1.29 is 0 Å². The average Bonchev–Trinajstić information content (AvgIpc) is 2.38. The molecule has 114 valence electrons. The van der Waals surface area contributed by atoms with Crippen molar-refractivity contribution in [2.75, 3.05) is 34.2 Å². The first-order valence-corrected chi connectivity index (χ1v) is 8.06. The highest BCUT2D eigenvalue weighted by Gasteiger charge is 2.07. The van der Waals surface area contributed by atoms with E-state index in [0.29, 0.717) is 0 Å². The van der Waals surface area contributed by atoms with Crippen molar-refractivity contribution in [2.45, 2.75) is 65.2 Å². The monoisotopic (exact) mass is 269 g/mol. The molecule has 0 spiro atoms. The number of nitrogens with zero attached hydrogens (tertiary/aromatic N) is 3. The topological polar surface area (TPSA) is 18.8 Å². The quantitative estimate of drug-likeness (QED) is 0.339. The lowest BCUT2D eigenvalue weighted by atomic mass is 10.1. The Morgan fingerprint density at radius 3 is 1.95 bits per heavy atom. The second-order valence-electron chi connectivity index (χ2n) is 5.62. The maximum Gasteiger partial charge on any atom is 0.195 e. The third-order valence-electron chi connectivity index (χ3n) is 3.35. The van der Waals surface area contributed by atoms with E-state index in [-0.39, 0.29) is 0 Å². The molecule has 0 fully saturated rings. The molecule has 0 aliphatic carbocycles. The van der Waals surface area contributed by atoms with Crippen LogP contribution in [0.3, 0.4) is 0 Å². The Bertz CT molecular complexity index is 224. The van der Waals surface area contributed by atoms with Crippen LogP contribution in [0.2, 0.25) is 0 Å². The van der Waals surface area contributed by atoms with Gasteiger partial charge in [-0.25, -0.2) is 0 Å². The molecule has 3 nitrogen and oxygen atoms in total. The van der Waals surface area contributed by atoms with Gasteiger partial charge in [0.05, 0.1) is 0 Å². The predicted octanol–water partition coefficient (Wildman–Crippen LogP) is 4.00. The molecule has 0 radical (unpaired) electrons. The van der Waals surface area contributed by atoms with E-state index >= 15 is 0 Å². The number of guanidine groups is 1. The van der Waals surface area contributed by atoms with Crippen LogP contribution in [0.15, 0.2) is 4.99 Å². The second-order valence-corrected chi connectivity index (χ2v) is 5.62. The molecule has 0 bridgehead atoms. The van der Waals surface area contributed by atoms with Gasteiger partial charge in [-0.05, 0) is 12.8 Å². The number of hydrogen-bond acceptors (Lipinski definition) is 1. The first-order valence-electron chi connectivity index (χ1n) is 8.06. The van der Waals surface area contributed by atoms with Crippen molar-refractivity contribution in [3.05, 3.63) is 0 Å². The highest BCUT2D eigenvalue weighted by molar-refractivity contribution is 5.79. The molecule has 0 saturated heterocycles. The zero-order valence-corrected chi connectivity index (χ0v) is 13.9. The molecule has 0 unspecified atom stereocenters. The van der Waals surface area contributed by atoms with Crippen LogP contribution in [0.5, 0.6) is 0 Å². The van der Waals surface area contributed by atoms with E-state index in [1.807, 2.05) is 0 Å². The van der Waals surface area contributed by atoms with Crippen LogP contribution < -0.4 is 0 Å². The highest BCUT2D eigenvalue weighted by atomic mass is 15.3. The summed E-state index contributed by atoms with van der Waals surface area (Å²) in [6.45, 7) is 6.57. The van der Waals surface area contributed by atoms with E-state index < -0.39 is 0 Å². The average molecular weight is 269 g/mol. The molecule has 0 heterocycles. The molecular formula is C16H35N3. The summed E-state index contributed by atoms with van der Waals surface area (Å²) in [6.07, 6.45) is 10.5. The van der Waals surface area contributed by atoms with Crippen molar-refractivity contribution in [1.29, 1.82) is 0 Å². The summed E-state index contributed by atoms with van der Waals surface area (Å²) in [6, 6.07) is 0. The fourth-order valence-corrected chi connectivity index (χ4v) is 2.17. The third kappa shape index (κ3) is 9.80. The van der Waals surface area contributed by atoms with Gasteiger partial charge in [0, 0.05) is 34.2 Å². The number of aliphatic imine (C=N–C) groups is 1. The van der Waals surface area contributed by atoms with Crippen LogP contribution >= 0.6 is 0 Å². The molecule has 0 N–H and O–H groups in total. The van der Waals surface area contributed by atoms with Crippen LogP contribution in [0, 0.1) is 0 Å². The zero-order valence-electron chi connectivity index (χ0n) is 13.9. The molecule has 19 heavy (non-hydrogen) atoms. The summed E-state index contributed by atoms with van der Waals surface area (Å²) >= 11 is 0. The maximum absolute atomic E-state index is 4.76. The van der Waals surface area contributed by atoms with Crippen molar-refractivity contribution in [3.63, 3.8) is 0 Å². The van der Waals surface area contributed by atoms with E-state index in [0.717, 1.165) is 19.0 Å². The molecule has 0 aromatic rings. The highest BCUT2D eigenvalue weighted by Crippen LogP contribution is 2.05. The van der Waals surface area contributed by atoms with Crippen LogP contribution in [-0.2, 0) is 0 Å². The van der Waals surface area contributed by atoms with Gasteiger partial charge in [0.25, 0.3) is 0 Å². The Balaban J connectivity index is 3.92. The number of hydrogen-bond donors (Lipinski definition) is 0. The van der Waals surface area contributed by atoms with E-state index in [1.165, 1.54) is 51.4 Å². The van der Waals surface area contributed by atoms with Gasteiger partial charge in [-0.15, -0.1) is 0 Å². The fourth-order valence-electron chi connectivity index (χ4n) is 2.17. The minimum absolute atomic E-state index is 0.968. The number of rotatable bonds is 10. The Hall–Kier alpha value is -0.730. The van der Waals surface area contributed by atoms with Crippen molar-refractivity contribution >= 4 is 5.96 Å². The Labute approximate surface area is 121 Å². The smallest absolute Gasteiger partial charge is 0.195 e. The predicted molar refractivity (Wildman–Crippen MR) is 86.9 cm³/mol. The van der Waals surface area contributed by atoms with Crippen LogP contribution in [0.4, 0.5) is 0 Å². The van der Waals surface area contributed by atoms with Gasteiger partial charge in [-0.3, -0.25) is 4.99 Å². The van der Waals surface area contributed by atoms with Gasteiger partial charge >= 0.3 is 0 Å². The standard InChI is InChI=1S/C16H35N3/c1-6-8-10-11-12-13-14-17-16(18(3)4)19(5)15-9-7-2/h6-15H2,1-5H3. The van der Waals surface area contributed by atoms with Crippen molar-refractivity contribution in [2.24, 2.45) is 4.99 Å². The third-order valence-corrected chi connectivity index (χ3v) is 3.35. The van der Waals surface area contributed by atoms with Gasteiger partial charge in [-0.2, -0.15) is 0 Å². The minimum Gasteiger partial charge on any atom is -0.349 e. The molecule has 0 aliphatic rings. The molecule has 0 rings (SSSR count). The lowest BCUT2D eigenvalue weighted by Gasteiger charge is -2.26. The van der Waals surface area contributed by atoms with Crippen LogP contribution in [0.25, 0.3) is 0 Å². The lowest BCUT2D eigenvalue weighted by molar-refractivity contribution is 0.412. The van der Waals surface area contributed by atoms with Gasteiger partial charge in [0.15, 0.2) is 5.96 Å². The lowest BCUT2D eigenvalue weighted by Crippen LogP contribution is -2.38. The molecule has 0 aromatic carbocycles. The van der Waals surface area contributed by atoms with Crippen molar-refractivity contribution in [3.8, 4) is 0 Å². The van der Waals surface area contributed by atoms with E-state index in [4.69, 9.17) is 4.99 Å². The van der Waals surface area contributed by atoms with Gasteiger partial charge < -0.3 is 9.80 Å². The molecule has 3 heteroatoms. The molecule has 0 saturated carbocycles. The number of unbranched alkanes of at least 4 members (excludes halogenated alkanes) is 6. The van der Waals surface area contributed by atoms with Crippen LogP contribution in [0.1, 0.15) is 65.2 Å². The summed E-state index contributed by atoms with van der Waals surface area (Å²) in [5.41, 5.74) is 0. The second kappa shape index (κ2) is 12.3. The summed E-state index contributed by atoms with van der Waals surface area (Å²) in [5, 5.41) is 0. The van der Waals surface area contributed by atoms with Crippen molar-refractivity contribution in [1.82, 2.24) is 9.80 Å². The zero-order chi connectivity index (χ0) is 14.5. The summed E-state index contributed by atoms with van der Waals surface area (Å²) < 4.78 is 0. The summed E-state index contributed by atoms with van der Waals surface area (Å²) in [5.74, 6) is 1.13. The van der Waals surface area contributed by atoms with Gasteiger partial charge in [0.2, 0.25) is 0 Å². The van der Waals surface area contributed by atoms with E-state index in [2.05, 4.69) is 44.8 Å². The SMILES string of the molecule is CCCCCCCCN=C(N(C)C)N(C)CCCC. The molecule has 0 amide bonds. The Morgan fingerprint density at radius 1 is 0.789 bits per heavy atom. The first kappa shape index (κ1) is 18.3. The molecule has 0 atom stereocenters. The molecular weight excluding hydrogens is 234 g/mol. The normalized spacial score (nSPS) is 11.7. The minimum atomic E-state index is 0.968. The Kier molecular flexibility index (Phi) is 11.8. The maximum atomic E-state index is 4.76. The van der Waals surface area contributed by atoms with E-state index in [9.17, 15) is 0 Å².